The maximum absolute atomic E-state index is 12.3. The van der Waals surface area contributed by atoms with Crippen molar-refractivity contribution in [3.05, 3.63) is 29.5 Å². The van der Waals surface area contributed by atoms with Gasteiger partial charge < -0.3 is 14.7 Å². The molecule has 5 rings (SSSR count). The first-order valence-electron chi connectivity index (χ1n) is 8.06. The van der Waals surface area contributed by atoms with Gasteiger partial charge in [-0.2, -0.15) is 0 Å². The number of rotatable bonds is 3. The summed E-state index contributed by atoms with van der Waals surface area (Å²) in [5.74, 6) is 0.766. The minimum atomic E-state index is 0.106. The largest absolute Gasteiger partial charge is 0.356 e. The van der Waals surface area contributed by atoms with Gasteiger partial charge in [0.25, 0.3) is 0 Å². The van der Waals surface area contributed by atoms with Gasteiger partial charge in [-0.05, 0) is 56.5 Å². The highest BCUT2D eigenvalue weighted by atomic mass is 16.5. The normalized spacial score (nSPS) is 27.2. The summed E-state index contributed by atoms with van der Waals surface area (Å²) >= 11 is 0. The van der Waals surface area contributed by atoms with Crippen LogP contribution in [0.4, 0.5) is 0 Å². The summed E-state index contributed by atoms with van der Waals surface area (Å²) in [5, 5.41) is 8.19. The lowest BCUT2D eigenvalue weighted by Crippen LogP contribution is -2.57. The fraction of sp³-hybridized carbons (Fsp3) is 0.529. The second-order valence-electron chi connectivity index (χ2n) is 6.59. The highest BCUT2D eigenvalue weighted by Gasteiger charge is 2.34. The molecule has 0 aliphatic carbocycles. The van der Waals surface area contributed by atoms with Crippen molar-refractivity contribution < 1.29 is 9.32 Å². The summed E-state index contributed by atoms with van der Waals surface area (Å²) in [6.07, 6.45) is 2.83. The number of nitrogens with zero attached hydrogens (tertiary/aromatic N) is 2. The molecule has 0 saturated carbocycles. The number of piperidine rings is 3. The van der Waals surface area contributed by atoms with Crippen molar-refractivity contribution in [3.8, 4) is 0 Å². The molecular formula is C17H21N3O2. The number of fused-ring (bicyclic) bond motifs is 4. The fourth-order valence-corrected chi connectivity index (χ4v) is 3.79. The van der Waals surface area contributed by atoms with Gasteiger partial charge in [-0.15, -0.1) is 0 Å². The van der Waals surface area contributed by atoms with Gasteiger partial charge in [-0.25, -0.2) is 0 Å². The van der Waals surface area contributed by atoms with E-state index in [1.165, 1.54) is 25.9 Å². The van der Waals surface area contributed by atoms with Gasteiger partial charge in [-0.3, -0.25) is 4.79 Å². The molecule has 0 unspecified atom stereocenters. The molecule has 0 radical (unpaired) electrons. The summed E-state index contributed by atoms with van der Waals surface area (Å²) in [7, 11) is 0. The number of benzene rings is 1. The SMILES string of the molecule is Cc1noc2cc(CC(=O)N[C@@H]3CN4CCC3CC4)ccc12. The first kappa shape index (κ1) is 13.8. The van der Waals surface area contributed by atoms with Gasteiger partial charge in [-0.1, -0.05) is 11.2 Å². The zero-order valence-corrected chi connectivity index (χ0v) is 12.8. The van der Waals surface area contributed by atoms with Crippen LogP contribution in [0.5, 0.6) is 0 Å². The highest BCUT2D eigenvalue weighted by molar-refractivity contribution is 5.83. The predicted octanol–water partition coefficient (Wildman–Crippen LogP) is 1.89. The van der Waals surface area contributed by atoms with Gasteiger partial charge in [0.05, 0.1) is 12.1 Å². The summed E-state index contributed by atoms with van der Waals surface area (Å²) in [5.41, 5.74) is 2.62. The Morgan fingerprint density at radius 3 is 2.95 bits per heavy atom. The third kappa shape index (κ3) is 2.50. The number of hydrogen-bond acceptors (Lipinski definition) is 4. The van der Waals surface area contributed by atoms with Crippen LogP contribution in [0, 0.1) is 12.8 Å². The van der Waals surface area contributed by atoms with E-state index in [0.29, 0.717) is 18.4 Å². The van der Waals surface area contributed by atoms with Crippen molar-refractivity contribution in [2.45, 2.75) is 32.2 Å². The Kier molecular flexibility index (Phi) is 3.37. The van der Waals surface area contributed by atoms with E-state index in [0.717, 1.165) is 28.8 Å². The van der Waals surface area contributed by atoms with E-state index in [4.69, 9.17) is 4.52 Å². The Hall–Kier alpha value is -1.88. The first-order valence-corrected chi connectivity index (χ1v) is 8.06. The molecule has 1 aromatic heterocycles. The predicted molar refractivity (Wildman–Crippen MR) is 83.5 cm³/mol. The summed E-state index contributed by atoms with van der Waals surface area (Å²) in [6.45, 7) is 5.32. The molecular weight excluding hydrogens is 278 g/mol. The molecule has 4 heterocycles. The van der Waals surface area contributed by atoms with Crippen LogP contribution in [-0.4, -0.2) is 41.6 Å². The minimum absolute atomic E-state index is 0.106. The van der Waals surface area contributed by atoms with Crippen molar-refractivity contribution in [1.29, 1.82) is 0 Å². The van der Waals surface area contributed by atoms with Gasteiger partial charge in [0.15, 0.2) is 5.58 Å². The molecule has 2 bridgehead atoms. The average Bonchev–Trinajstić information content (AvgIpc) is 2.89. The van der Waals surface area contributed by atoms with Crippen LogP contribution in [-0.2, 0) is 11.2 Å². The molecule has 1 aromatic carbocycles. The number of aromatic nitrogens is 1. The molecule has 22 heavy (non-hydrogen) atoms. The zero-order valence-electron chi connectivity index (χ0n) is 12.8. The van der Waals surface area contributed by atoms with Crippen LogP contribution in [0.15, 0.2) is 22.7 Å². The number of amides is 1. The first-order chi connectivity index (χ1) is 10.7. The molecule has 3 saturated heterocycles. The lowest BCUT2D eigenvalue weighted by molar-refractivity contribution is -0.122. The molecule has 1 N–H and O–H groups in total. The van der Waals surface area contributed by atoms with Crippen molar-refractivity contribution in [3.63, 3.8) is 0 Å². The lowest BCUT2D eigenvalue weighted by Gasteiger charge is -2.44. The van der Waals surface area contributed by atoms with Gasteiger partial charge in [0.2, 0.25) is 5.91 Å². The maximum Gasteiger partial charge on any atom is 0.224 e. The topological polar surface area (TPSA) is 58.4 Å². The Morgan fingerprint density at radius 2 is 2.23 bits per heavy atom. The van der Waals surface area contributed by atoms with Crippen LogP contribution < -0.4 is 5.32 Å². The van der Waals surface area contributed by atoms with Crippen molar-refractivity contribution >= 4 is 16.9 Å². The second kappa shape index (κ2) is 5.39. The average molecular weight is 299 g/mol. The molecule has 116 valence electrons. The zero-order chi connectivity index (χ0) is 15.1. The van der Waals surface area contributed by atoms with E-state index >= 15 is 0 Å². The van der Waals surface area contributed by atoms with Crippen LogP contribution in [0.2, 0.25) is 0 Å². The van der Waals surface area contributed by atoms with E-state index in [1.54, 1.807) is 0 Å². The number of nitrogens with one attached hydrogen (secondary N) is 1. The van der Waals surface area contributed by atoms with Crippen LogP contribution in [0.25, 0.3) is 11.0 Å². The standard InChI is InChI=1S/C17H21N3O2/c1-11-14-3-2-12(8-16(14)22-19-11)9-17(21)18-15-10-20-6-4-13(15)5-7-20/h2-3,8,13,15H,4-7,9-10H2,1H3,(H,18,21)/t15-/m1/s1. The Bertz CT molecular complexity index is 701. The summed E-state index contributed by atoms with van der Waals surface area (Å²) < 4.78 is 5.27. The molecule has 5 heteroatoms. The highest BCUT2D eigenvalue weighted by Crippen LogP contribution is 2.27. The minimum Gasteiger partial charge on any atom is -0.356 e. The molecule has 0 spiro atoms. The molecule has 2 aromatic rings. The maximum atomic E-state index is 12.3. The Balaban J connectivity index is 1.42. The molecule has 3 fully saturated rings. The fourth-order valence-electron chi connectivity index (χ4n) is 3.79. The molecule has 1 amide bonds. The van der Waals surface area contributed by atoms with E-state index in [2.05, 4.69) is 15.4 Å². The summed E-state index contributed by atoms with van der Waals surface area (Å²) in [4.78, 5) is 14.8. The number of aryl methyl sites for hydroxylation is 1. The number of hydrogen-bond donors (Lipinski definition) is 1. The third-order valence-electron chi connectivity index (χ3n) is 5.08. The monoisotopic (exact) mass is 299 g/mol. The van der Waals surface area contributed by atoms with Crippen molar-refractivity contribution in [2.24, 2.45) is 5.92 Å². The smallest absolute Gasteiger partial charge is 0.224 e. The Labute approximate surface area is 129 Å². The quantitative estimate of drug-likeness (QED) is 0.940. The summed E-state index contributed by atoms with van der Waals surface area (Å²) in [6, 6.07) is 6.22. The lowest BCUT2D eigenvalue weighted by atomic mass is 9.84. The Morgan fingerprint density at radius 1 is 1.41 bits per heavy atom. The van der Waals surface area contributed by atoms with Crippen LogP contribution in [0.1, 0.15) is 24.1 Å². The molecule has 3 aliphatic heterocycles. The van der Waals surface area contributed by atoms with Crippen LogP contribution in [0.3, 0.4) is 0 Å². The van der Waals surface area contributed by atoms with Crippen molar-refractivity contribution in [2.75, 3.05) is 19.6 Å². The van der Waals surface area contributed by atoms with Gasteiger partial charge in [0, 0.05) is 18.0 Å². The third-order valence-corrected chi connectivity index (χ3v) is 5.08. The van der Waals surface area contributed by atoms with E-state index in [1.807, 2.05) is 25.1 Å². The molecule has 3 aliphatic rings. The van der Waals surface area contributed by atoms with E-state index in [-0.39, 0.29) is 5.91 Å². The number of carbonyl (C=O) groups excluding carboxylic acids is 1. The molecule has 1 atom stereocenters. The van der Waals surface area contributed by atoms with Gasteiger partial charge in [0.1, 0.15) is 0 Å². The molecule has 5 nitrogen and oxygen atoms in total. The van der Waals surface area contributed by atoms with E-state index < -0.39 is 0 Å². The second-order valence-corrected chi connectivity index (χ2v) is 6.59. The van der Waals surface area contributed by atoms with E-state index in [9.17, 15) is 4.79 Å². The number of carbonyl (C=O) groups is 1. The van der Waals surface area contributed by atoms with Crippen molar-refractivity contribution in [1.82, 2.24) is 15.4 Å². The van der Waals surface area contributed by atoms with Crippen LogP contribution >= 0.6 is 0 Å². The van der Waals surface area contributed by atoms with Gasteiger partial charge >= 0.3 is 0 Å².